The van der Waals surface area contributed by atoms with Crippen molar-refractivity contribution < 1.29 is 14.3 Å². The molecule has 0 fully saturated rings. The van der Waals surface area contributed by atoms with Gasteiger partial charge < -0.3 is 9.47 Å². The summed E-state index contributed by atoms with van der Waals surface area (Å²) in [4.78, 5) is 11.6. The quantitative estimate of drug-likeness (QED) is 0.768. The lowest BCUT2D eigenvalue weighted by molar-refractivity contribution is 0.112. The van der Waals surface area contributed by atoms with Gasteiger partial charge in [-0.3, -0.25) is 4.79 Å². The zero-order chi connectivity index (χ0) is 14.4. The summed E-state index contributed by atoms with van der Waals surface area (Å²) in [6.07, 6.45) is 5.16. The minimum atomic E-state index is 0.699. The van der Waals surface area contributed by atoms with Gasteiger partial charge in [0, 0.05) is 28.3 Å². The highest BCUT2D eigenvalue weighted by molar-refractivity contribution is 6.08. The minimum Gasteiger partial charge on any atom is -0.496 e. The average molecular weight is 280 g/mol. The second kappa shape index (κ2) is 4.62. The number of benzene rings is 2. The molecule has 0 saturated carbocycles. The van der Waals surface area contributed by atoms with Gasteiger partial charge in [-0.05, 0) is 37.0 Å². The maximum atomic E-state index is 11.6. The number of methoxy groups -OCH3 is 1. The van der Waals surface area contributed by atoms with Gasteiger partial charge in [-0.15, -0.1) is 0 Å². The molecule has 1 heterocycles. The van der Waals surface area contributed by atoms with E-state index in [1.165, 1.54) is 5.57 Å². The third kappa shape index (κ3) is 1.70. The number of aldehydes is 1. The van der Waals surface area contributed by atoms with Crippen LogP contribution in [0.4, 0.5) is 0 Å². The van der Waals surface area contributed by atoms with E-state index < -0.39 is 0 Å². The van der Waals surface area contributed by atoms with Crippen LogP contribution in [0.5, 0.6) is 11.5 Å². The molecule has 3 nitrogen and oxygen atoms in total. The molecule has 0 bridgehead atoms. The van der Waals surface area contributed by atoms with E-state index >= 15 is 0 Å². The van der Waals surface area contributed by atoms with Crippen LogP contribution in [0.15, 0.2) is 30.0 Å². The van der Waals surface area contributed by atoms with Crippen molar-refractivity contribution in [1.82, 2.24) is 0 Å². The maximum absolute atomic E-state index is 11.6. The summed E-state index contributed by atoms with van der Waals surface area (Å²) in [7, 11) is 1.63. The summed E-state index contributed by atoms with van der Waals surface area (Å²) in [5.74, 6) is 2.60. The van der Waals surface area contributed by atoms with Gasteiger partial charge in [-0.25, -0.2) is 0 Å². The van der Waals surface area contributed by atoms with E-state index in [1.807, 2.05) is 24.3 Å². The third-order valence-corrected chi connectivity index (χ3v) is 4.42. The lowest BCUT2D eigenvalue weighted by Gasteiger charge is -2.28. The molecule has 0 spiro atoms. The van der Waals surface area contributed by atoms with E-state index in [4.69, 9.17) is 9.47 Å². The van der Waals surface area contributed by atoms with E-state index in [2.05, 4.69) is 0 Å². The molecule has 1 aliphatic carbocycles. The minimum absolute atomic E-state index is 0.699. The van der Waals surface area contributed by atoms with Crippen molar-refractivity contribution in [2.75, 3.05) is 7.11 Å². The molecule has 2 aliphatic rings. The zero-order valence-electron chi connectivity index (χ0n) is 11.9. The summed E-state index contributed by atoms with van der Waals surface area (Å²) in [6, 6.07) is 7.81. The summed E-state index contributed by atoms with van der Waals surface area (Å²) in [5, 5.41) is 2.02. The van der Waals surface area contributed by atoms with Crippen molar-refractivity contribution in [1.29, 1.82) is 0 Å². The van der Waals surface area contributed by atoms with Gasteiger partial charge >= 0.3 is 0 Å². The Morgan fingerprint density at radius 2 is 2.10 bits per heavy atom. The van der Waals surface area contributed by atoms with E-state index in [-0.39, 0.29) is 0 Å². The van der Waals surface area contributed by atoms with Crippen LogP contribution in [0.2, 0.25) is 0 Å². The van der Waals surface area contributed by atoms with Gasteiger partial charge in [0.1, 0.15) is 17.3 Å². The molecule has 0 unspecified atom stereocenters. The van der Waals surface area contributed by atoms with Crippen molar-refractivity contribution >= 4 is 22.6 Å². The van der Waals surface area contributed by atoms with Crippen molar-refractivity contribution in [2.24, 2.45) is 0 Å². The van der Waals surface area contributed by atoms with Crippen LogP contribution < -0.4 is 9.47 Å². The molecule has 2 aromatic rings. The Bertz CT molecular complexity index is 787. The number of rotatable bonds is 2. The van der Waals surface area contributed by atoms with Gasteiger partial charge in [0.25, 0.3) is 0 Å². The highest BCUT2D eigenvalue weighted by Gasteiger charge is 2.28. The second-order valence-corrected chi connectivity index (χ2v) is 5.55. The molecular weight excluding hydrogens is 264 g/mol. The van der Waals surface area contributed by atoms with E-state index in [0.29, 0.717) is 5.56 Å². The van der Waals surface area contributed by atoms with Crippen LogP contribution in [-0.2, 0) is 0 Å². The summed E-state index contributed by atoms with van der Waals surface area (Å²) in [5.41, 5.74) is 2.96. The van der Waals surface area contributed by atoms with Gasteiger partial charge in [0.05, 0.1) is 7.11 Å². The smallest absolute Gasteiger partial charge is 0.150 e. The Balaban J connectivity index is 2.15. The number of allylic oxidation sites excluding steroid dienone is 2. The van der Waals surface area contributed by atoms with Crippen LogP contribution >= 0.6 is 0 Å². The van der Waals surface area contributed by atoms with Crippen LogP contribution in [0, 0.1) is 0 Å². The Labute approximate surface area is 123 Å². The van der Waals surface area contributed by atoms with Crippen molar-refractivity contribution in [3.8, 4) is 11.5 Å². The number of hydrogen-bond acceptors (Lipinski definition) is 3. The molecule has 4 rings (SSSR count). The van der Waals surface area contributed by atoms with Crippen LogP contribution in [0.25, 0.3) is 16.3 Å². The number of fused-ring (bicyclic) bond motifs is 1. The standard InChI is InChI=1S/C18H16O3/c1-20-16-9-11(10-19)17-12-5-2-3-7-14(12)21-15-8-4-6-13(16)18(15)17/h4,6,8-10H,2-3,5,7H2,1H3. The highest BCUT2D eigenvalue weighted by atomic mass is 16.5. The third-order valence-electron chi connectivity index (χ3n) is 4.42. The number of ether oxygens (including phenoxy) is 2. The molecule has 0 radical (unpaired) electrons. The molecule has 0 saturated heterocycles. The lowest BCUT2D eigenvalue weighted by Crippen LogP contribution is -2.12. The Hall–Kier alpha value is -2.29. The average Bonchev–Trinajstić information content (AvgIpc) is 2.55. The molecule has 0 N–H and O–H groups in total. The Morgan fingerprint density at radius 3 is 2.90 bits per heavy atom. The van der Waals surface area contributed by atoms with Gasteiger partial charge in [-0.2, -0.15) is 0 Å². The molecule has 0 aromatic heterocycles. The molecular formula is C18H16O3. The normalized spacial score (nSPS) is 16.4. The van der Waals surface area contributed by atoms with E-state index in [9.17, 15) is 4.79 Å². The predicted octanol–water partition coefficient (Wildman–Crippen LogP) is 4.34. The summed E-state index contributed by atoms with van der Waals surface area (Å²) in [6.45, 7) is 0. The molecule has 1 aliphatic heterocycles. The molecule has 106 valence electrons. The highest BCUT2D eigenvalue weighted by Crippen LogP contribution is 2.47. The topological polar surface area (TPSA) is 35.5 Å². The monoisotopic (exact) mass is 280 g/mol. The fraction of sp³-hybridized carbons (Fsp3) is 0.278. The lowest BCUT2D eigenvalue weighted by atomic mass is 9.84. The molecule has 0 amide bonds. The number of carbonyl (C=O) groups is 1. The summed E-state index contributed by atoms with van der Waals surface area (Å²) >= 11 is 0. The number of carbonyl (C=O) groups excluding carboxylic acids is 1. The number of hydrogen-bond donors (Lipinski definition) is 0. The molecule has 0 atom stereocenters. The van der Waals surface area contributed by atoms with Crippen molar-refractivity contribution in [3.05, 3.63) is 41.2 Å². The Kier molecular flexibility index (Phi) is 2.74. The van der Waals surface area contributed by atoms with Gasteiger partial charge in [0.2, 0.25) is 0 Å². The first-order valence-electron chi connectivity index (χ1n) is 7.32. The second-order valence-electron chi connectivity index (χ2n) is 5.55. The predicted molar refractivity (Wildman–Crippen MR) is 81.9 cm³/mol. The fourth-order valence-electron chi connectivity index (χ4n) is 3.49. The largest absolute Gasteiger partial charge is 0.496 e. The first-order chi connectivity index (χ1) is 10.3. The first kappa shape index (κ1) is 12.5. The van der Waals surface area contributed by atoms with E-state index in [0.717, 1.165) is 65.6 Å². The van der Waals surface area contributed by atoms with Gasteiger partial charge in [-0.1, -0.05) is 12.1 Å². The first-order valence-corrected chi connectivity index (χ1v) is 7.32. The fourth-order valence-corrected chi connectivity index (χ4v) is 3.49. The maximum Gasteiger partial charge on any atom is 0.150 e. The van der Waals surface area contributed by atoms with Crippen LogP contribution in [0.1, 0.15) is 41.6 Å². The molecule has 21 heavy (non-hydrogen) atoms. The van der Waals surface area contributed by atoms with Crippen molar-refractivity contribution in [2.45, 2.75) is 25.7 Å². The molecule has 3 heteroatoms. The SMILES string of the molecule is COc1cc(C=O)c2c3c(cccc13)OC1=C2CCCC1. The van der Waals surface area contributed by atoms with Gasteiger partial charge in [0.15, 0.2) is 6.29 Å². The zero-order valence-corrected chi connectivity index (χ0v) is 11.9. The molecule has 2 aromatic carbocycles. The Morgan fingerprint density at radius 1 is 1.24 bits per heavy atom. The van der Waals surface area contributed by atoms with E-state index in [1.54, 1.807) is 7.11 Å². The summed E-state index contributed by atoms with van der Waals surface area (Å²) < 4.78 is 11.6. The van der Waals surface area contributed by atoms with Crippen LogP contribution in [0.3, 0.4) is 0 Å². The van der Waals surface area contributed by atoms with Crippen LogP contribution in [-0.4, -0.2) is 13.4 Å². The van der Waals surface area contributed by atoms with Crippen molar-refractivity contribution in [3.63, 3.8) is 0 Å².